The maximum Gasteiger partial charge on any atom is 0.187 e. The Hall–Kier alpha value is -1.78. The second-order valence-electron chi connectivity index (χ2n) is 3.91. The van der Waals surface area contributed by atoms with E-state index >= 15 is 0 Å². The molecule has 0 saturated carbocycles. The summed E-state index contributed by atoms with van der Waals surface area (Å²) in [5.41, 5.74) is 6.41. The summed E-state index contributed by atoms with van der Waals surface area (Å²) in [7, 11) is 0. The average Bonchev–Trinajstić information content (AvgIpc) is 2.72. The number of hydrogen-bond acceptors (Lipinski definition) is 4. The highest BCUT2D eigenvalue weighted by molar-refractivity contribution is 5.55. The Balaban J connectivity index is 2.32. The normalized spacial score (nSPS) is 11.1. The summed E-state index contributed by atoms with van der Waals surface area (Å²) in [6.45, 7) is 5.13. The number of hydrogen-bond donors (Lipinski definition) is 1. The number of nitrogens with two attached hydrogens (primary N) is 1. The molecule has 80 valence electrons. The van der Waals surface area contributed by atoms with Crippen molar-refractivity contribution in [3.05, 3.63) is 18.3 Å². The van der Waals surface area contributed by atoms with Crippen LogP contribution in [-0.2, 0) is 6.54 Å². The van der Waals surface area contributed by atoms with Crippen LogP contribution in [0.2, 0.25) is 0 Å². The first-order valence-electron chi connectivity index (χ1n) is 4.91. The van der Waals surface area contributed by atoms with Crippen LogP contribution >= 0.6 is 0 Å². The van der Waals surface area contributed by atoms with Crippen molar-refractivity contribution in [2.75, 3.05) is 5.73 Å². The molecule has 0 aliphatic rings. The molecule has 5 heteroatoms. The lowest BCUT2D eigenvalue weighted by atomic mass is 10.2. The Morgan fingerprint density at radius 1 is 1.53 bits per heavy atom. The predicted octanol–water partition coefficient (Wildman–Crippen LogP) is 1.78. The second-order valence-corrected chi connectivity index (χ2v) is 3.91. The van der Waals surface area contributed by atoms with E-state index in [4.69, 9.17) is 10.3 Å². The van der Waals surface area contributed by atoms with Crippen molar-refractivity contribution in [3.8, 4) is 11.5 Å². The Kier molecular flexibility index (Phi) is 2.45. The highest BCUT2D eigenvalue weighted by Gasteiger charge is 2.11. The molecular weight excluding hydrogens is 192 g/mol. The molecule has 0 atom stereocenters. The summed E-state index contributed by atoms with van der Waals surface area (Å²) in [6, 6.07) is 3.59. The molecule has 0 amide bonds. The molecule has 2 heterocycles. The Bertz CT molecular complexity index is 444. The number of nitrogens with zero attached hydrogens (tertiary/aromatic N) is 3. The molecule has 0 unspecified atom stereocenters. The summed E-state index contributed by atoms with van der Waals surface area (Å²) < 4.78 is 6.99. The van der Waals surface area contributed by atoms with Gasteiger partial charge in [-0.1, -0.05) is 19.0 Å². The van der Waals surface area contributed by atoms with Gasteiger partial charge in [-0.25, -0.2) is 0 Å². The van der Waals surface area contributed by atoms with Gasteiger partial charge >= 0.3 is 0 Å². The molecule has 0 saturated heterocycles. The third-order valence-corrected chi connectivity index (χ3v) is 2.04. The van der Waals surface area contributed by atoms with Crippen LogP contribution < -0.4 is 5.73 Å². The van der Waals surface area contributed by atoms with E-state index in [9.17, 15) is 0 Å². The molecular formula is C10H14N4O. The third kappa shape index (κ3) is 2.01. The van der Waals surface area contributed by atoms with Crippen LogP contribution in [0.1, 0.15) is 13.8 Å². The van der Waals surface area contributed by atoms with Gasteiger partial charge in [0, 0.05) is 18.8 Å². The first-order chi connectivity index (χ1) is 7.16. The molecule has 5 nitrogen and oxygen atoms in total. The van der Waals surface area contributed by atoms with E-state index < -0.39 is 0 Å². The van der Waals surface area contributed by atoms with E-state index in [-0.39, 0.29) is 0 Å². The van der Waals surface area contributed by atoms with Crippen molar-refractivity contribution < 1.29 is 4.52 Å². The Morgan fingerprint density at radius 2 is 2.33 bits per heavy atom. The van der Waals surface area contributed by atoms with Crippen LogP contribution in [0.3, 0.4) is 0 Å². The SMILES string of the molecule is CC(C)Cn1nccc1-c1cc(N)no1. The fourth-order valence-corrected chi connectivity index (χ4v) is 1.44. The van der Waals surface area contributed by atoms with Crippen LogP contribution in [-0.4, -0.2) is 14.9 Å². The summed E-state index contributed by atoms with van der Waals surface area (Å²) >= 11 is 0. The summed E-state index contributed by atoms with van der Waals surface area (Å²) in [4.78, 5) is 0. The molecule has 0 bridgehead atoms. The maximum atomic E-state index is 5.50. The molecule has 2 aromatic rings. The fraction of sp³-hybridized carbons (Fsp3) is 0.400. The van der Waals surface area contributed by atoms with Crippen LogP contribution in [0.25, 0.3) is 11.5 Å². The van der Waals surface area contributed by atoms with Crippen LogP contribution in [0, 0.1) is 5.92 Å². The van der Waals surface area contributed by atoms with Gasteiger partial charge in [0.05, 0.1) is 0 Å². The minimum Gasteiger partial charge on any atom is -0.381 e. The Labute approximate surface area is 87.9 Å². The minimum absolute atomic E-state index is 0.391. The third-order valence-electron chi connectivity index (χ3n) is 2.04. The van der Waals surface area contributed by atoms with E-state index in [1.807, 2.05) is 10.7 Å². The summed E-state index contributed by atoms with van der Waals surface area (Å²) in [5, 5.41) is 7.88. The molecule has 0 aliphatic heterocycles. The van der Waals surface area contributed by atoms with E-state index in [1.54, 1.807) is 12.3 Å². The van der Waals surface area contributed by atoms with Crippen molar-refractivity contribution in [2.24, 2.45) is 5.92 Å². The lowest BCUT2D eigenvalue weighted by Crippen LogP contribution is -2.07. The molecule has 15 heavy (non-hydrogen) atoms. The maximum absolute atomic E-state index is 5.50. The highest BCUT2D eigenvalue weighted by atomic mass is 16.5. The monoisotopic (exact) mass is 206 g/mol. The van der Waals surface area contributed by atoms with Crippen molar-refractivity contribution >= 4 is 5.82 Å². The molecule has 0 fully saturated rings. The molecule has 2 rings (SSSR count). The number of rotatable bonds is 3. The van der Waals surface area contributed by atoms with Gasteiger partial charge in [-0.2, -0.15) is 5.10 Å². The zero-order chi connectivity index (χ0) is 10.8. The fourth-order valence-electron chi connectivity index (χ4n) is 1.44. The molecule has 0 spiro atoms. The van der Waals surface area contributed by atoms with Crippen LogP contribution in [0.5, 0.6) is 0 Å². The van der Waals surface area contributed by atoms with Crippen molar-refractivity contribution in [1.29, 1.82) is 0 Å². The summed E-state index contributed by atoms with van der Waals surface area (Å²) in [5.74, 6) is 1.58. The van der Waals surface area contributed by atoms with Crippen LogP contribution in [0.4, 0.5) is 5.82 Å². The second kappa shape index (κ2) is 3.76. The minimum atomic E-state index is 0.391. The van der Waals surface area contributed by atoms with Crippen molar-refractivity contribution in [3.63, 3.8) is 0 Å². The highest BCUT2D eigenvalue weighted by Crippen LogP contribution is 2.21. The molecule has 2 N–H and O–H groups in total. The Morgan fingerprint density at radius 3 is 2.93 bits per heavy atom. The van der Waals surface area contributed by atoms with Gasteiger partial charge in [-0.3, -0.25) is 4.68 Å². The average molecular weight is 206 g/mol. The van der Waals surface area contributed by atoms with E-state index in [2.05, 4.69) is 24.1 Å². The number of anilines is 1. The van der Waals surface area contributed by atoms with Gasteiger partial charge in [-0.05, 0) is 12.0 Å². The largest absolute Gasteiger partial charge is 0.381 e. The zero-order valence-electron chi connectivity index (χ0n) is 8.84. The van der Waals surface area contributed by atoms with Crippen molar-refractivity contribution in [2.45, 2.75) is 20.4 Å². The summed E-state index contributed by atoms with van der Waals surface area (Å²) in [6.07, 6.45) is 1.75. The number of aromatic nitrogens is 3. The topological polar surface area (TPSA) is 69.9 Å². The molecule has 2 aromatic heterocycles. The quantitative estimate of drug-likeness (QED) is 0.830. The van der Waals surface area contributed by atoms with Gasteiger partial charge in [-0.15, -0.1) is 0 Å². The van der Waals surface area contributed by atoms with Crippen molar-refractivity contribution in [1.82, 2.24) is 14.9 Å². The van der Waals surface area contributed by atoms with Gasteiger partial charge in [0.25, 0.3) is 0 Å². The van der Waals surface area contributed by atoms with E-state index in [0.29, 0.717) is 17.5 Å². The van der Waals surface area contributed by atoms with Crippen LogP contribution in [0.15, 0.2) is 22.9 Å². The van der Waals surface area contributed by atoms with Gasteiger partial charge in [0.2, 0.25) is 0 Å². The van der Waals surface area contributed by atoms with Gasteiger partial charge in [0.1, 0.15) is 5.69 Å². The lowest BCUT2D eigenvalue weighted by Gasteiger charge is -2.07. The zero-order valence-corrected chi connectivity index (χ0v) is 8.84. The standard InChI is InChI=1S/C10H14N4O/c1-7(2)6-14-8(3-4-12-14)9-5-10(11)13-15-9/h3-5,7H,6H2,1-2H3,(H2,11,13). The first kappa shape index (κ1) is 9.76. The molecule has 0 radical (unpaired) electrons. The first-order valence-corrected chi connectivity index (χ1v) is 4.91. The molecule has 0 aromatic carbocycles. The van der Waals surface area contributed by atoms with Gasteiger partial charge in [0.15, 0.2) is 11.6 Å². The number of nitrogen functional groups attached to an aromatic ring is 1. The van der Waals surface area contributed by atoms with Gasteiger partial charge < -0.3 is 10.3 Å². The van der Waals surface area contributed by atoms with E-state index in [1.165, 1.54) is 0 Å². The predicted molar refractivity (Wildman–Crippen MR) is 57.0 cm³/mol. The smallest absolute Gasteiger partial charge is 0.187 e. The van der Waals surface area contributed by atoms with E-state index in [0.717, 1.165) is 12.2 Å². The lowest BCUT2D eigenvalue weighted by molar-refractivity contribution is 0.424. The molecule has 0 aliphatic carbocycles.